The van der Waals surface area contributed by atoms with Crippen LogP contribution in [-0.2, 0) is 0 Å². The third kappa shape index (κ3) is 2.16. The molecule has 0 aliphatic heterocycles. The van der Waals surface area contributed by atoms with Gasteiger partial charge in [-0.1, -0.05) is 0 Å². The van der Waals surface area contributed by atoms with Crippen molar-refractivity contribution in [2.45, 2.75) is 6.92 Å². The first-order chi connectivity index (χ1) is 7.22. The van der Waals surface area contributed by atoms with Crippen molar-refractivity contribution in [2.24, 2.45) is 0 Å². The van der Waals surface area contributed by atoms with E-state index in [9.17, 15) is 0 Å². The molecule has 0 radical (unpaired) electrons. The van der Waals surface area contributed by atoms with E-state index < -0.39 is 0 Å². The van der Waals surface area contributed by atoms with Gasteiger partial charge >= 0.3 is 0 Å². The number of hydrogen-bond donors (Lipinski definition) is 0. The summed E-state index contributed by atoms with van der Waals surface area (Å²) in [4.78, 5) is 4.22. The maximum Gasteiger partial charge on any atom is 0.120 e. The van der Waals surface area contributed by atoms with E-state index in [-0.39, 0.29) is 0 Å². The van der Waals surface area contributed by atoms with Crippen molar-refractivity contribution >= 4 is 42.6 Å². The highest BCUT2D eigenvalue weighted by Crippen LogP contribution is 2.31. The summed E-state index contributed by atoms with van der Waals surface area (Å²) in [6, 6.07) is 5.97. The molecule has 0 fully saturated rings. The maximum absolute atomic E-state index is 5.44. The standard InChI is InChI=1S/C11H9Br2NO/c1-2-15-7-3-4-8-9(5-7)11(13)14-6-10(8)12/h3-6H,2H2,1H3. The minimum atomic E-state index is 0.671. The van der Waals surface area contributed by atoms with Crippen LogP contribution in [0.3, 0.4) is 0 Å². The van der Waals surface area contributed by atoms with Gasteiger partial charge in [-0.25, -0.2) is 4.98 Å². The number of pyridine rings is 1. The molecular formula is C11H9Br2NO. The van der Waals surface area contributed by atoms with Crippen molar-refractivity contribution in [3.63, 3.8) is 0 Å². The van der Waals surface area contributed by atoms with Crippen LogP contribution in [0, 0.1) is 0 Å². The number of benzene rings is 1. The fourth-order valence-corrected chi connectivity index (χ4v) is 2.29. The summed E-state index contributed by atoms with van der Waals surface area (Å²) in [7, 11) is 0. The van der Waals surface area contributed by atoms with E-state index in [1.54, 1.807) is 6.20 Å². The Morgan fingerprint density at radius 1 is 1.27 bits per heavy atom. The van der Waals surface area contributed by atoms with Crippen LogP contribution in [0.4, 0.5) is 0 Å². The molecule has 4 heteroatoms. The van der Waals surface area contributed by atoms with Crippen LogP contribution in [0.25, 0.3) is 10.8 Å². The summed E-state index contributed by atoms with van der Waals surface area (Å²) in [5.74, 6) is 0.866. The number of fused-ring (bicyclic) bond motifs is 1. The smallest absolute Gasteiger partial charge is 0.120 e. The normalized spacial score (nSPS) is 10.6. The summed E-state index contributed by atoms with van der Waals surface area (Å²) >= 11 is 6.90. The van der Waals surface area contributed by atoms with Crippen LogP contribution in [0.15, 0.2) is 33.5 Å². The van der Waals surface area contributed by atoms with Gasteiger partial charge in [-0.3, -0.25) is 0 Å². The highest BCUT2D eigenvalue weighted by atomic mass is 79.9. The number of aromatic nitrogens is 1. The minimum Gasteiger partial charge on any atom is -0.494 e. The second-order valence-electron chi connectivity index (χ2n) is 3.04. The minimum absolute atomic E-state index is 0.671. The van der Waals surface area contributed by atoms with Gasteiger partial charge in [0.05, 0.1) is 6.61 Å². The molecule has 0 spiro atoms. The molecule has 0 bridgehead atoms. The van der Waals surface area contributed by atoms with Crippen molar-refractivity contribution in [1.29, 1.82) is 0 Å². The summed E-state index contributed by atoms with van der Waals surface area (Å²) in [5.41, 5.74) is 0. The number of ether oxygens (including phenoxy) is 1. The lowest BCUT2D eigenvalue weighted by Crippen LogP contribution is -1.91. The molecule has 78 valence electrons. The van der Waals surface area contributed by atoms with Gasteiger partial charge in [0.1, 0.15) is 10.4 Å². The van der Waals surface area contributed by atoms with Gasteiger partial charge in [0.25, 0.3) is 0 Å². The quantitative estimate of drug-likeness (QED) is 0.771. The third-order valence-electron chi connectivity index (χ3n) is 2.07. The van der Waals surface area contributed by atoms with Crippen LogP contribution in [0.2, 0.25) is 0 Å². The Morgan fingerprint density at radius 2 is 2.07 bits per heavy atom. The van der Waals surface area contributed by atoms with Crippen molar-refractivity contribution in [3.8, 4) is 5.75 Å². The van der Waals surface area contributed by atoms with E-state index >= 15 is 0 Å². The zero-order chi connectivity index (χ0) is 10.8. The van der Waals surface area contributed by atoms with E-state index in [0.717, 1.165) is 25.6 Å². The predicted molar refractivity (Wildman–Crippen MR) is 68.3 cm³/mol. The average molecular weight is 331 g/mol. The van der Waals surface area contributed by atoms with Crippen LogP contribution in [0.1, 0.15) is 6.92 Å². The summed E-state index contributed by atoms with van der Waals surface area (Å²) in [6.07, 6.45) is 1.78. The Bertz CT molecular complexity index is 499. The molecule has 2 aromatic rings. The summed E-state index contributed by atoms with van der Waals surface area (Å²) in [5, 5.41) is 2.18. The molecule has 1 aromatic carbocycles. The van der Waals surface area contributed by atoms with Crippen LogP contribution < -0.4 is 4.74 Å². The summed E-state index contributed by atoms with van der Waals surface area (Å²) < 4.78 is 7.27. The Kier molecular flexibility index (Phi) is 3.26. The largest absolute Gasteiger partial charge is 0.494 e. The fourth-order valence-electron chi connectivity index (χ4n) is 1.41. The highest BCUT2D eigenvalue weighted by Gasteiger charge is 2.05. The van der Waals surface area contributed by atoms with E-state index in [2.05, 4.69) is 36.8 Å². The van der Waals surface area contributed by atoms with Gasteiger partial charge in [-0.05, 0) is 57.0 Å². The molecule has 0 amide bonds. The SMILES string of the molecule is CCOc1ccc2c(Br)cnc(Br)c2c1. The number of nitrogens with zero attached hydrogens (tertiary/aromatic N) is 1. The fraction of sp³-hybridized carbons (Fsp3) is 0.182. The Hall–Kier alpha value is -0.610. The number of rotatable bonds is 2. The molecule has 1 aromatic heterocycles. The molecule has 0 N–H and O–H groups in total. The van der Waals surface area contributed by atoms with Gasteiger partial charge in [-0.15, -0.1) is 0 Å². The highest BCUT2D eigenvalue weighted by molar-refractivity contribution is 9.11. The van der Waals surface area contributed by atoms with Gasteiger partial charge in [-0.2, -0.15) is 0 Å². The maximum atomic E-state index is 5.44. The monoisotopic (exact) mass is 329 g/mol. The predicted octanol–water partition coefficient (Wildman–Crippen LogP) is 4.16. The molecule has 15 heavy (non-hydrogen) atoms. The molecule has 0 saturated carbocycles. The second kappa shape index (κ2) is 4.49. The first kappa shape index (κ1) is 10.9. The average Bonchev–Trinajstić information content (AvgIpc) is 2.24. The van der Waals surface area contributed by atoms with Gasteiger partial charge in [0, 0.05) is 21.4 Å². The Morgan fingerprint density at radius 3 is 2.80 bits per heavy atom. The summed E-state index contributed by atoms with van der Waals surface area (Å²) in [6.45, 7) is 2.64. The van der Waals surface area contributed by atoms with Gasteiger partial charge in [0.2, 0.25) is 0 Å². The lowest BCUT2D eigenvalue weighted by atomic mass is 10.2. The van der Waals surface area contributed by atoms with Crippen LogP contribution in [0.5, 0.6) is 5.75 Å². The molecule has 1 heterocycles. The van der Waals surface area contributed by atoms with Crippen LogP contribution in [-0.4, -0.2) is 11.6 Å². The van der Waals surface area contributed by atoms with E-state index in [0.29, 0.717) is 6.61 Å². The van der Waals surface area contributed by atoms with Crippen molar-refractivity contribution in [3.05, 3.63) is 33.5 Å². The Balaban J connectivity index is 2.65. The first-order valence-electron chi connectivity index (χ1n) is 4.59. The van der Waals surface area contributed by atoms with Gasteiger partial charge < -0.3 is 4.74 Å². The molecule has 2 rings (SSSR count). The number of halogens is 2. The van der Waals surface area contributed by atoms with Crippen molar-refractivity contribution in [1.82, 2.24) is 4.98 Å². The zero-order valence-electron chi connectivity index (χ0n) is 8.13. The molecule has 0 aliphatic carbocycles. The number of hydrogen-bond acceptors (Lipinski definition) is 2. The third-order valence-corrected chi connectivity index (χ3v) is 3.34. The lowest BCUT2D eigenvalue weighted by molar-refractivity contribution is 0.340. The van der Waals surface area contributed by atoms with E-state index in [1.807, 2.05) is 25.1 Å². The molecule has 0 atom stereocenters. The van der Waals surface area contributed by atoms with Crippen molar-refractivity contribution in [2.75, 3.05) is 6.61 Å². The lowest BCUT2D eigenvalue weighted by Gasteiger charge is -2.06. The molecule has 0 aliphatic rings. The second-order valence-corrected chi connectivity index (χ2v) is 4.64. The van der Waals surface area contributed by atoms with Crippen molar-refractivity contribution < 1.29 is 4.74 Å². The molecular weight excluding hydrogens is 322 g/mol. The Labute approximate surface area is 105 Å². The molecule has 2 nitrogen and oxygen atoms in total. The first-order valence-corrected chi connectivity index (χ1v) is 6.17. The van der Waals surface area contributed by atoms with Crippen LogP contribution >= 0.6 is 31.9 Å². The van der Waals surface area contributed by atoms with E-state index in [4.69, 9.17) is 4.74 Å². The van der Waals surface area contributed by atoms with Gasteiger partial charge in [0.15, 0.2) is 0 Å². The molecule has 0 unspecified atom stereocenters. The zero-order valence-corrected chi connectivity index (χ0v) is 11.3. The van der Waals surface area contributed by atoms with E-state index in [1.165, 1.54) is 0 Å². The molecule has 0 saturated heterocycles. The topological polar surface area (TPSA) is 22.1 Å².